The first-order chi connectivity index (χ1) is 27.5. The van der Waals surface area contributed by atoms with Crippen molar-refractivity contribution in [3.05, 3.63) is 107 Å². The number of benzene rings is 3. The highest BCUT2D eigenvalue weighted by atomic mass is 16.5. The summed E-state index contributed by atoms with van der Waals surface area (Å²) in [6.45, 7) is 9.61. The molecule has 5 aromatic rings. The van der Waals surface area contributed by atoms with E-state index in [9.17, 15) is 14.4 Å². The van der Waals surface area contributed by atoms with Gasteiger partial charge in [0.25, 0.3) is 0 Å². The Kier molecular flexibility index (Phi) is 10.4. The van der Waals surface area contributed by atoms with Crippen LogP contribution in [0.25, 0.3) is 22.3 Å². The fraction of sp³-hybridized carbons (Fsp3) is 0.413. The van der Waals surface area contributed by atoms with E-state index in [1.165, 1.54) is 20.0 Å². The minimum Gasteiger partial charge on any atom is -0.453 e. The molecule has 57 heavy (non-hydrogen) atoms. The predicted octanol–water partition coefficient (Wildman–Crippen LogP) is 7.89. The molecule has 3 fully saturated rings. The summed E-state index contributed by atoms with van der Waals surface area (Å²) in [6.07, 6.45) is 6.09. The second kappa shape index (κ2) is 15.6. The average molecular weight is 766 g/mol. The Morgan fingerprint density at radius 3 is 2.33 bits per heavy atom. The SMILES string of the molecule is COC(=O)N[C@H](C(=O)N1CCC[C@H]1c1ncc(-c2ccc(C#Cc3ccc4nc([C@@H]5CC6(CC6)CN5C(=O)[C@@H](C)C(C)C)[nH]c4c3)cc2)[nH]1)[C@@H](C)c1ccccc1. The summed E-state index contributed by atoms with van der Waals surface area (Å²) < 4.78 is 4.89. The molecule has 0 unspecified atom stereocenters. The van der Waals surface area contributed by atoms with Crippen LogP contribution in [-0.2, 0) is 14.3 Å². The van der Waals surface area contributed by atoms with Gasteiger partial charge >= 0.3 is 6.09 Å². The second-order valence-corrected chi connectivity index (χ2v) is 16.6. The van der Waals surface area contributed by atoms with Crippen molar-refractivity contribution in [1.29, 1.82) is 0 Å². The lowest BCUT2D eigenvalue weighted by Crippen LogP contribution is -2.51. The van der Waals surface area contributed by atoms with Crippen LogP contribution < -0.4 is 5.32 Å². The van der Waals surface area contributed by atoms with Gasteiger partial charge in [0.1, 0.15) is 17.7 Å². The molecule has 3 amide bonds. The summed E-state index contributed by atoms with van der Waals surface area (Å²) in [7, 11) is 1.30. The standard InChI is InChI=1S/C46H51N7O4/c1-28(2)29(3)43(54)53-27-46(21-22-46)25-39(53)42-48-35-20-17-32(24-36(35)49-42)14-13-31-15-18-34(19-16-31)37-26-47-41(50-37)38-12-9-23-52(38)44(55)40(51-45(56)57-5)30(4)33-10-7-6-8-11-33/h6-8,10-11,15-20,24,26,28-30,38-40H,9,12,21-23,25,27H2,1-5H3,(H,47,50)(H,48,49)(H,51,56)/t29-,30-,38-,39-,40-/m0/s1. The summed E-state index contributed by atoms with van der Waals surface area (Å²) in [6, 6.07) is 22.7. The monoisotopic (exact) mass is 765 g/mol. The highest BCUT2D eigenvalue weighted by Gasteiger charge is 2.54. The number of alkyl carbamates (subject to hydrolysis) is 1. The van der Waals surface area contributed by atoms with Gasteiger partial charge in [0.05, 0.1) is 42.1 Å². The first-order valence-electron chi connectivity index (χ1n) is 20.2. The number of carbonyl (C=O) groups excluding carboxylic acids is 3. The third-order valence-corrected chi connectivity index (χ3v) is 12.5. The Bertz CT molecular complexity index is 2330. The lowest BCUT2D eigenvalue weighted by Gasteiger charge is -2.31. The first kappa shape index (κ1) is 38.0. The zero-order valence-electron chi connectivity index (χ0n) is 33.3. The molecule has 11 nitrogen and oxygen atoms in total. The quantitative estimate of drug-likeness (QED) is 0.131. The maximum atomic E-state index is 14.1. The molecule has 294 valence electrons. The van der Waals surface area contributed by atoms with Crippen LogP contribution in [0.5, 0.6) is 0 Å². The minimum absolute atomic E-state index is 0.0223. The van der Waals surface area contributed by atoms with E-state index in [0.29, 0.717) is 18.3 Å². The number of methoxy groups -OCH3 is 1. The number of rotatable bonds is 9. The normalized spacial score (nSPS) is 20.0. The number of amides is 3. The van der Waals surface area contributed by atoms with Crippen molar-refractivity contribution < 1.29 is 19.1 Å². The van der Waals surface area contributed by atoms with E-state index in [4.69, 9.17) is 14.7 Å². The molecule has 0 radical (unpaired) electrons. The zero-order valence-corrected chi connectivity index (χ0v) is 33.3. The molecular weight excluding hydrogens is 715 g/mol. The predicted molar refractivity (Wildman–Crippen MR) is 219 cm³/mol. The van der Waals surface area contributed by atoms with Crippen LogP contribution in [0.1, 0.15) is 106 Å². The molecule has 2 aromatic heterocycles. The fourth-order valence-corrected chi connectivity index (χ4v) is 8.44. The molecule has 3 aliphatic rings. The van der Waals surface area contributed by atoms with E-state index in [-0.39, 0.29) is 41.1 Å². The van der Waals surface area contributed by atoms with Crippen molar-refractivity contribution in [1.82, 2.24) is 35.1 Å². The Labute approximate surface area is 334 Å². The third kappa shape index (κ3) is 7.78. The van der Waals surface area contributed by atoms with Crippen molar-refractivity contribution in [2.75, 3.05) is 20.2 Å². The molecule has 3 N–H and O–H groups in total. The molecule has 5 atom stereocenters. The van der Waals surface area contributed by atoms with Crippen LogP contribution in [0.15, 0.2) is 79.0 Å². The topological polar surface area (TPSA) is 136 Å². The highest BCUT2D eigenvalue weighted by Crippen LogP contribution is 2.58. The summed E-state index contributed by atoms with van der Waals surface area (Å²) >= 11 is 0. The van der Waals surface area contributed by atoms with Gasteiger partial charge in [0, 0.05) is 36.1 Å². The number of fused-ring (bicyclic) bond motifs is 1. The Hall–Kier alpha value is -5.89. The Morgan fingerprint density at radius 1 is 0.877 bits per heavy atom. The lowest BCUT2D eigenvalue weighted by molar-refractivity contribution is -0.137. The van der Waals surface area contributed by atoms with E-state index in [2.05, 4.69) is 45.9 Å². The molecule has 4 heterocycles. The molecule has 1 saturated carbocycles. The number of aromatic amines is 2. The van der Waals surface area contributed by atoms with Crippen LogP contribution >= 0.6 is 0 Å². The van der Waals surface area contributed by atoms with Crippen molar-refractivity contribution in [2.24, 2.45) is 17.3 Å². The molecular formula is C46H51N7O4. The summed E-state index contributed by atoms with van der Waals surface area (Å²) in [4.78, 5) is 60.5. The summed E-state index contributed by atoms with van der Waals surface area (Å²) in [5, 5.41) is 2.79. The molecule has 2 saturated heterocycles. The van der Waals surface area contributed by atoms with Gasteiger partial charge in [-0.2, -0.15) is 0 Å². The molecule has 0 bridgehead atoms. The van der Waals surface area contributed by atoms with Crippen LogP contribution in [0, 0.1) is 29.1 Å². The van der Waals surface area contributed by atoms with Crippen molar-refractivity contribution in [2.45, 2.75) is 83.8 Å². The number of ether oxygens (including phenoxy) is 1. The van der Waals surface area contributed by atoms with Gasteiger partial charge in [-0.1, -0.05) is 82.0 Å². The molecule has 3 aromatic carbocycles. The second-order valence-electron chi connectivity index (χ2n) is 16.6. The van der Waals surface area contributed by atoms with Gasteiger partial charge in [0.15, 0.2) is 0 Å². The number of H-pyrrole nitrogens is 2. The van der Waals surface area contributed by atoms with Gasteiger partial charge in [-0.05, 0) is 84.9 Å². The number of hydrogen-bond acceptors (Lipinski definition) is 6. The van der Waals surface area contributed by atoms with Crippen molar-refractivity contribution in [3.63, 3.8) is 0 Å². The molecule has 8 rings (SSSR count). The van der Waals surface area contributed by atoms with Crippen LogP contribution in [-0.4, -0.2) is 73.9 Å². The van der Waals surface area contributed by atoms with E-state index >= 15 is 0 Å². The molecule has 1 spiro atoms. The molecule has 1 aliphatic carbocycles. The van der Waals surface area contributed by atoms with Gasteiger partial charge in [-0.25, -0.2) is 14.8 Å². The Balaban J connectivity index is 0.947. The number of hydrogen-bond donors (Lipinski definition) is 3. The first-order valence-corrected chi connectivity index (χ1v) is 20.2. The Morgan fingerprint density at radius 2 is 1.61 bits per heavy atom. The molecule has 2 aliphatic heterocycles. The number of imidazole rings is 2. The summed E-state index contributed by atoms with van der Waals surface area (Å²) in [5.74, 6) is 8.26. The maximum absolute atomic E-state index is 14.1. The smallest absolute Gasteiger partial charge is 0.407 e. The highest BCUT2D eigenvalue weighted by molar-refractivity contribution is 5.87. The fourth-order valence-electron chi connectivity index (χ4n) is 8.44. The summed E-state index contributed by atoms with van der Waals surface area (Å²) in [5.41, 5.74) is 6.58. The van der Waals surface area contributed by atoms with E-state index in [1.54, 1.807) is 6.20 Å². The van der Waals surface area contributed by atoms with Gasteiger partial charge in [-0.3, -0.25) is 9.59 Å². The van der Waals surface area contributed by atoms with Crippen LogP contribution in [0.3, 0.4) is 0 Å². The minimum atomic E-state index is -0.796. The maximum Gasteiger partial charge on any atom is 0.407 e. The number of nitrogens with one attached hydrogen (secondary N) is 3. The van der Waals surface area contributed by atoms with Gasteiger partial charge < -0.3 is 29.8 Å². The van der Waals surface area contributed by atoms with E-state index in [0.717, 1.165) is 70.6 Å². The number of likely N-dealkylation sites (tertiary alicyclic amines) is 2. The van der Waals surface area contributed by atoms with Gasteiger partial charge in [0.2, 0.25) is 11.8 Å². The van der Waals surface area contributed by atoms with E-state index < -0.39 is 12.1 Å². The van der Waals surface area contributed by atoms with Crippen LogP contribution in [0.4, 0.5) is 4.79 Å². The number of nitrogens with zero attached hydrogens (tertiary/aromatic N) is 4. The van der Waals surface area contributed by atoms with Gasteiger partial charge in [-0.15, -0.1) is 0 Å². The largest absolute Gasteiger partial charge is 0.453 e. The van der Waals surface area contributed by atoms with E-state index in [1.807, 2.05) is 91.5 Å². The third-order valence-electron chi connectivity index (χ3n) is 12.5. The zero-order chi connectivity index (χ0) is 39.8. The average Bonchev–Trinajstić information content (AvgIpc) is 3.72. The van der Waals surface area contributed by atoms with Crippen molar-refractivity contribution >= 4 is 28.9 Å². The number of carbonyl (C=O) groups is 3. The molecule has 11 heteroatoms. The van der Waals surface area contributed by atoms with Crippen molar-refractivity contribution in [3.8, 4) is 23.1 Å². The number of aromatic nitrogens is 4. The lowest BCUT2D eigenvalue weighted by atomic mass is 9.92. The van der Waals surface area contributed by atoms with Crippen LogP contribution in [0.2, 0.25) is 0 Å².